The molecule has 0 unspecified atom stereocenters. The SMILES string of the molecule is CCOC(=O)c1ccc(NC(=O)c2cc(C(C)C)nc3ccccc23)cc1. The third kappa shape index (κ3) is 4.14. The number of carbonyl (C=O) groups is 2. The number of fused-ring (bicyclic) bond motifs is 1. The molecule has 0 aliphatic heterocycles. The van der Waals surface area contributed by atoms with E-state index in [0.29, 0.717) is 23.4 Å². The van der Waals surface area contributed by atoms with Crippen molar-refractivity contribution in [3.8, 4) is 0 Å². The Labute approximate surface area is 158 Å². The van der Waals surface area contributed by atoms with Crippen LogP contribution in [0.2, 0.25) is 0 Å². The van der Waals surface area contributed by atoms with Gasteiger partial charge in [0.2, 0.25) is 0 Å². The number of nitrogens with one attached hydrogen (secondary N) is 1. The van der Waals surface area contributed by atoms with E-state index in [2.05, 4.69) is 10.3 Å². The molecule has 0 atom stereocenters. The van der Waals surface area contributed by atoms with Crippen LogP contribution in [-0.2, 0) is 4.74 Å². The zero-order valence-electron chi connectivity index (χ0n) is 15.7. The number of ether oxygens (including phenoxy) is 1. The first-order chi connectivity index (χ1) is 13.0. The second-order valence-electron chi connectivity index (χ2n) is 6.52. The van der Waals surface area contributed by atoms with Crippen molar-refractivity contribution in [2.24, 2.45) is 0 Å². The number of esters is 1. The van der Waals surface area contributed by atoms with Crippen LogP contribution in [0.1, 0.15) is 53.1 Å². The molecule has 5 heteroatoms. The van der Waals surface area contributed by atoms with E-state index in [1.807, 2.05) is 44.2 Å². The molecule has 0 aliphatic carbocycles. The van der Waals surface area contributed by atoms with Crippen LogP contribution in [0.25, 0.3) is 10.9 Å². The van der Waals surface area contributed by atoms with E-state index in [4.69, 9.17) is 4.74 Å². The Hall–Kier alpha value is -3.21. The first kappa shape index (κ1) is 18.6. The number of aromatic nitrogens is 1. The molecule has 0 spiro atoms. The average Bonchev–Trinajstić information content (AvgIpc) is 2.67. The highest BCUT2D eigenvalue weighted by molar-refractivity contribution is 6.12. The summed E-state index contributed by atoms with van der Waals surface area (Å²) in [5.74, 6) is -0.374. The van der Waals surface area contributed by atoms with Gasteiger partial charge in [0.1, 0.15) is 0 Å². The maximum Gasteiger partial charge on any atom is 0.338 e. The van der Waals surface area contributed by atoms with Crippen LogP contribution in [0, 0.1) is 0 Å². The summed E-state index contributed by atoms with van der Waals surface area (Å²) in [4.78, 5) is 29.3. The second-order valence-corrected chi connectivity index (χ2v) is 6.52. The van der Waals surface area contributed by atoms with Crippen molar-refractivity contribution >= 4 is 28.5 Å². The molecule has 27 heavy (non-hydrogen) atoms. The highest BCUT2D eigenvalue weighted by Gasteiger charge is 2.15. The first-order valence-electron chi connectivity index (χ1n) is 8.97. The fourth-order valence-corrected chi connectivity index (χ4v) is 2.78. The Balaban J connectivity index is 1.89. The molecule has 1 aromatic heterocycles. The Morgan fingerprint density at radius 3 is 2.44 bits per heavy atom. The van der Waals surface area contributed by atoms with Crippen molar-refractivity contribution in [2.45, 2.75) is 26.7 Å². The van der Waals surface area contributed by atoms with E-state index in [-0.39, 0.29) is 17.8 Å². The van der Waals surface area contributed by atoms with Gasteiger partial charge in [-0.05, 0) is 49.2 Å². The molecular weight excluding hydrogens is 340 g/mol. The van der Waals surface area contributed by atoms with Gasteiger partial charge in [0.15, 0.2) is 0 Å². The summed E-state index contributed by atoms with van der Waals surface area (Å²) in [6, 6.07) is 16.1. The van der Waals surface area contributed by atoms with Gasteiger partial charge in [-0.1, -0.05) is 32.0 Å². The van der Waals surface area contributed by atoms with Crippen molar-refractivity contribution < 1.29 is 14.3 Å². The largest absolute Gasteiger partial charge is 0.462 e. The molecule has 0 fully saturated rings. The summed E-state index contributed by atoms with van der Waals surface area (Å²) in [7, 11) is 0. The predicted molar refractivity (Wildman–Crippen MR) is 106 cm³/mol. The minimum Gasteiger partial charge on any atom is -0.462 e. The lowest BCUT2D eigenvalue weighted by Crippen LogP contribution is -2.14. The summed E-state index contributed by atoms with van der Waals surface area (Å²) in [6.07, 6.45) is 0. The summed E-state index contributed by atoms with van der Waals surface area (Å²) in [5.41, 5.74) is 3.31. The van der Waals surface area contributed by atoms with Gasteiger partial charge in [0.05, 0.1) is 23.3 Å². The standard InChI is InChI=1S/C22H22N2O3/c1-4-27-22(26)15-9-11-16(12-10-15)23-21(25)18-13-20(14(2)3)24-19-8-6-5-7-17(18)19/h5-14H,4H2,1-3H3,(H,23,25). The van der Waals surface area contributed by atoms with E-state index in [1.54, 1.807) is 31.2 Å². The van der Waals surface area contributed by atoms with Crippen molar-refractivity contribution in [3.05, 3.63) is 71.4 Å². The monoisotopic (exact) mass is 362 g/mol. The molecule has 3 aromatic rings. The zero-order valence-corrected chi connectivity index (χ0v) is 15.7. The van der Waals surface area contributed by atoms with Gasteiger partial charge >= 0.3 is 5.97 Å². The number of amides is 1. The highest BCUT2D eigenvalue weighted by Crippen LogP contribution is 2.23. The minimum atomic E-state index is -0.378. The molecule has 0 saturated heterocycles. The average molecular weight is 362 g/mol. The molecule has 1 heterocycles. The van der Waals surface area contributed by atoms with Crippen LogP contribution >= 0.6 is 0 Å². The van der Waals surface area contributed by atoms with Crippen molar-refractivity contribution in [1.82, 2.24) is 4.98 Å². The molecule has 0 radical (unpaired) electrons. The van der Waals surface area contributed by atoms with Crippen molar-refractivity contribution in [3.63, 3.8) is 0 Å². The Morgan fingerprint density at radius 2 is 1.78 bits per heavy atom. The van der Waals surface area contributed by atoms with Gasteiger partial charge in [0, 0.05) is 16.8 Å². The fraction of sp³-hybridized carbons (Fsp3) is 0.227. The van der Waals surface area contributed by atoms with Crippen LogP contribution in [0.15, 0.2) is 54.6 Å². The molecule has 5 nitrogen and oxygen atoms in total. The number of pyridine rings is 1. The van der Waals surface area contributed by atoms with Crippen LogP contribution < -0.4 is 5.32 Å². The molecule has 0 bridgehead atoms. The van der Waals surface area contributed by atoms with Gasteiger partial charge in [-0.25, -0.2) is 4.79 Å². The van der Waals surface area contributed by atoms with E-state index in [9.17, 15) is 9.59 Å². The quantitative estimate of drug-likeness (QED) is 0.663. The zero-order chi connectivity index (χ0) is 19.4. The second kappa shape index (κ2) is 7.99. The van der Waals surface area contributed by atoms with Gasteiger partial charge in [-0.15, -0.1) is 0 Å². The number of anilines is 1. The van der Waals surface area contributed by atoms with Gasteiger partial charge in [0.25, 0.3) is 5.91 Å². The molecule has 0 aliphatic rings. The number of carbonyl (C=O) groups excluding carboxylic acids is 2. The molecule has 1 N–H and O–H groups in total. The third-order valence-corrected chi connectivity index (χ3v) is 4.23. The molecule has 138 valence electrons. The van der Waals surface area contributed by atoms with E-state index >= 15 is 0 Å². The predicted octanol–water partition coefficient (Wildman–Crippen LogP) is 4.79. The van der Waals surface area contributed by atoms with Gasteiger partial charge < -0.3 is 10.1 Å². The summed E-state index contributed by atoms with van der Waals surface area (Å²) in [5, 5.41) is 3.70. The van der Waals surface area contributed by atoms with Crippen LogP contribution in [0.5, 0.6) is 0 Å². The highest BCUT2D eigenvalue weighted by atomic mass is 16.5. The smallest absolute Gasteiger partial charge is 0.338 e. The molecule has 1 amide bonds. The lowest BCUT2D eigenvalue weighted by Gasteiger charge is -2.12. The van der Waals surface area contributed by atoms with E-state index < -0.39 is 0 Å². The fourth-order valence-electron chi connectivity index (χ4n) is 2.78. The van der Waals surface area contributed by atoms with E-state index in [0.717, 1.165) is 16.6 Å². The molecule has 3 rings (SSSR count). The topological polar surface area (TPSA) is 68.3 Å². The molecular formula is C22H22N2O3. The van der Waals surface area contributed by atoms with Crippen molar-refractivity contribution in [2.75, 3.05) is 11.9 Å². The number of hydrogen-bond donors (Lipinski definition) is 1. The van der Waals surface area contributed by atoms with Crippen LogP contribution in [0.4, 0.5) is 5.69 Å². The Bertz CT molecular complexity index is 979. The number of benzene rings is 2. The maximum absolute atomic E-state index is 12.9. The van der Waals surface area contributed by atoms with Gasteiger partial charge in [-0.3, -0.25) is 9.78 Å². The minimum absolute atomic E-state index is 0.209. The number of hydrogen-bond acceptors (Lipinski definition) is 4. The lowest BCUT2D eigenvalue weighted by molar-refractivity contribution is 0.0526. The van der Waals surface area contributed by atoms with Crippen LogP contribution in [0.3, 0.4) is 0 Å². The van der Waals surface area contributed by atoms with Crippen LogP contribution in [-0.4, -0.2) is 23.5 Å². The number of nitrogens with zero attached hydrogens (tertiary/aromatic N) is 1. The molecule has 2 aromatic carbocycles. The summed E-state index contributed by atoms with van der Waals surface area (Å²) >= 11 is 0. The summed E-state index contributed by atoms with van der Waals surface area (Å²) < 4.78 is 4.97. The van der Waals surface area contributed by atoms with Crippen molar-refractivity contribution in [1.29, 1.82) is 0 Å². The number of rotatable bonds is 5. The van der Waals surface area contributed by atoms with E-state index in [1.165, 1.54) is 0 Å². The third-order valence-electron chi connectivity index (χ3n) is 4.23. The number of para-hydroxylation sites is 1. The maximum atomic E-state index is 12.9. The Morgan fingerprint density at radius 1 is 1.07 bits per heavy atom. The summed E-state index contributed by atoms with van der Waals surface area (Å²) in [6.45, 7) is 6.18. The molecule has 0 saturated carbocycles. The van der Waals surface area contributed by atoms with Gasteiger partial charge in [-0.2, -0.15) is 0 Å². The first-order valence-corrected chi connectivity index (χ1v) is 8.97. The Kier molecular flexibility index (Phi) is 5.50. The lowest BCUT2D eigenvalue weighted by atomic mass is 10.0. The normalized spacial score (nSPS) is 10.8.